The normalized spacial score (nSPS) is 13.5. The number of rotatable bonds is 9. The van der Waals surface area contributed by atoms with E-state index in [9.17, 15) is 15.1 Å². The van der Waals surface area contributed by atoms with Crippen LogP contribution in [0.25, 0.3) is 11.1 Å². The molecule has 0 radical (unpaired) electrons. The Morgan fingerprint density at radius 2 is 1.52 bits per heavy atom. The minimum Gasteiger partial charge on any atom is -0.479 e. The van der Waals surface area contributed by atoms with Gasteiger partial charge in [-0.15, -0.1) is 0 Å². The van der Waals surface area contributed by atoms with Crippen molar-refractivity contribution in [3.8, 4) is 11.1 Å². The van der Waals surface area contributed by atoms with E-state index in [-0.39, 0.29) is 12.1 Å². The maximum absolute atomic E-state index is 15.3. The van der Waals surface area contributed by atoms with E-state index >= 15 is 4.39 Å². The van der Waals surface area contributed by atoms with E-state index in [4.69, 9.17) is 11.6 Å². The summed E-state index contributed by atoms with van der Waals surface area (Å²) in [6.07, 6.45) is 0.231. The Morgan fingerprint density at radius 1 is 0.935 bits per heavy atom. The summed E-state index contributed by atoms with van der Waals surface area (Å²) in [5.41, 5.74) is 0.809. The third-order valence-corrected chi connectivity index (χ3v) is 5.48. The fraction of sp³-hybridized carbons (Fsp3) is 0.200. The molecule has 0 heterocycles. The van der Waals surface area contributed by atoms with Crippen LogP contribution in [0.1, 0.15) is 30.4 Å². The van der Waals surface area contributed by atoms with E-state index in [1.54, 1.807) is 36.4 Å². The smallest absolute Gasteiger partial charge is 0.341 e. The zero-order chi connectivity index (χ0) is 22.3. The zero-order valence-corrected chi connectivity index (χ0v) is 17.6. The van der Waals surface area contributed by atoms with Gasteiger partial charge >= 0.3 is 5.97 Å². The van der Waals surface area contributed by atoms with Crippen LogP contribution in [0.5, 0.6) is 0 Å². The molecule has 160 valence electrons. The van der Waals surface area contributed by atoms with Crippen LogP contribution in [0.15, 0.2) is 84.0 Å². The fourth-order valence-electron chi connectivity index (χ4n) is 3.45. The van der Waals surface area contributed by atoms with Crippen LogP contribution in [0.4, 0.5) is 4.39 Å². The van der Waals surface area contributed by atoms with E-state index in [0.29, 0.717) is 23.4 Å². The number of carbonyl (C=O) groups is 1. The van der Waals surface area contributed by atoms with Crippen molar-refractivity contribution in [3.05, 3.63) is 95.0 Å². The van der Waals surface area contributed by atoms with E-state index in [2.05, 4.69) is 5.16 Å². The predicted octanol–water partition coefficient (Wildman–Crippen LogP) is 6.39. The molecule has 3 aromatic carbocycles. The second kappa shape index (κ2) is 10.2. The topological polar surface area (TPSA) is 69.9 Å². The van der Waals surface area contributed by atoms with Crippen molar-refractivity contribution in [1.29, 1.82) is 0 Å². The molecule has 1 unspecified atom stereocenters. The molecular formula is C25H23ClFNO3. The van der Waals surface area contributed by atoms with Crippen LogP contribution in [0.3, 0.4) is 0 Å². The Balaban J connectivity index is 1.70. The first-order valence-corrected chi connectivity index (χ1v) is 10.3. The van der Waals surface area contributed by atoms with Crippen molar-refractivity contribution in [2.45, 2.75) is 31.4 Å². The lowest BCUT2D eigenvalue weighted by Crippen LogP contribution is -2.36. The highest BCUT2D eigenvalue weighted by atomic mass is 35.5. The molecule has 0 aromatic heterocycles. The molecule has 0 saturated heterocycles. The number of hydrogen-bond acceptors (Lipinski definition) is 3. The fourth-order valence-corrected chi connectivity index (χ4v) is 3.57. The molecule has 0 fully saturated rings. The summed E-state index contributed by atoms with van der Waals surface area (Å²) < 4.78 is 15.3. The second-order valence-electron chi connectivity index (χ2n) is 7.42. The third-order valence-electron chi connectivity index (χ3n) is 5.23. The molecular weight excluding hydrogens is 417 g/mol. The summed E-state index contributed by atoms with van der Waals surface area (Å²) in [4.78, 5) is 11.7. The van der Waals surface area contributed by atoms with Gasteiger partial charge in [0, 0.05) is 11.4 Å². The van der Waals surface area contributed by atoms with Gasteiger partial charge in [-0.05, 0) is 53.6 Å². The molecule has 0 spiro atoms. The lowest BCUT2D eigenvalue weighted by molar-refractivity contribution is -0.151. The Kier molecular flexibility index (Phi) is 7.42. The minimum absolute atomic E-state index is 0.00716. The molecule has 0 amide bonds. The number of aryl methyl sites for hydroxylation is 1. The van der Waals surface area contributed by atoms with E-state index in [1.807, 2.05) is 42.5 Å². The standard InChI is InChI=1S/C25H23ClFNO3/c26-22-14-12-20(13-15-22)19-8-10-21(11-9-19)23(28-31)17-25(27,24(29)30)16-4-7-18-5-2-1-3-6-18/h1-3,5-6,8-15,31H,4,7,16-17H2,(H,29,30). The molecule has 3 aromatic rings. The Labute approximate surface area is 185 Å². The third kappa shape index (κ3) is 5.92. The van der Waals surface area contributed by atoms with E-state index < -0.39 is 18.1 Å². The molecule has 3 rings (SSSR count). The average Bonchev–Trinajstić information content (AvgIpc) is 2.79. The van der Waals surface area contributed by atoms with Crippen LogP contribution in [0, 0.1) is 0 Å². The molecule has 0 bridgehead atoms. The molecule has 0 saturated carbocycles. The Bertz CT molecular complexity index is 1040. The van der Waals surface area contributed by atoms with E-state index in [0.717, 1.165) is 16.7 Å². The molecule has 31 heavy (non-hydrogen) atoms. The highest BCUT2D eigenvalue weighted by Crippen LogP contribution is 2.28. The second-order valence-corrected chi connectivity index (χ2v) is 7.85. The van der Waals surface area contributed by atoms with Gasteiger partial charge in [0.05, 0.1) is 5.71 Å². The van der Waals surface area contributed by atoms with Gasteiger partial charge in [-0.25, -0.2) is 9.18 Å². The number of nitrogens with zero attached hydrogens (tertiary/aromatic N) is 1. The van der Waals surface area contributed by atoms with Crippen LogP contribution >= 0.6 is 11.6 Å². The summed E-state index contributed by atoms with van der Waals surface area (Å²) in [6.45, 7) is 0. The zero-order valence-electron chi connectivity index (χ0n) is 16.8. The van der Waals surface area contributed by atoms with Crippen LogP contribution < -0.4 is 0 Å². The van der Waals surface area contributed by atoms with Gasteiger partial charge in [0.2, 0.25) is 5.67 Å². The Morgan fingerprint density at radius 3 is 2.06 bits per heavy atom. The van der Waals surface area contributed by atoms with Gasteiger partial charge in [0.25, 0.3) is 0 Å². The van der Waals surface area contributed by atoms with Gasteiger partial charge in [-0.2, -0.15) is 0 Å². The van der Waals surface area contributed by atoms with Gasteiger partial charge in [0.1, 0.15) is 0 Å². The molecule has 4 nitrogen and oxygen atoms in total. The number of hydrogen-bond donors (Lipinski definition) is 2. The average molecular weight is 440 g/mol. The van der Waals surface area contributed by atoms with Crippen molar-refractivity contribution in [1.82, 2.24) is 0 Å². The van der Waals surface area contributed by atoms with Gasteiger partial charge in [0.15, 0.2) is 0 Å². The SMILES string of the molecule is O=C(O)C(F)(CCCc1ccccc1)CC(=NO)c1ccc(-c2ccc(Cl)cc2)cc1. The summed E-state index contributed by atoms with van der Waals surface area (Å²) in [5.74, 6) is -1.56. The number of aliphatic carboxylic acids is 1. The maximum atomic E-state index is 15.3. The summed E-state index contributed by atoms with van der Waals surface area (Å²) >= 11 is 5.92. The quantitative estimate of drug-likeness (QED) is 0.230. The highest BCUT2D eigenvalue weighted by Gasteiger charge is 2.40. The van der Waals surface area contributed by atoms with Crippen molar-refractivity contribution in [2.75, 3.05) is 0 Å². The largest absolute Gasteiger partial charge is 0.479 e. The summed E-state index contributed by atoms with van der Waals surface area (Å²) in [5, 5.41) is 22.8. The Hall–Kier alpha value is -3.18. The van der Waals surface area contributed by atoms with Crippen molar-refractivity contribution >= 4 is 23.3 Å². The first-order chi connectivity index (χ1) is 14.9. The van der Waals surface area contributed by atoms with Crippen molar-refractivity contribution in [2.24, 2.45) is 5.16 Å². The van der Waals surface area contributed by atoms with Gasteiger partial charge in [-0.1, -0.05) is 83.5 Å². The number of halogens is 2. The molecule has 0 aliphatic carbocycles. The summed E-state index contributed by atoms with van der Waals surface area (Å²) in [6, 6.07) is 23.8. The van der Waals surface area contributed by atoms with Crippen LogP contribution in [-0.4, -0.2) is 27.7 Å². The molecule has 1 atom stereocenters. The lowest BCUT2D eigenvalue weighted by atomic mass is 9.89. The maximum Gasteiger partial charge on any atom is 0.341 e. The molecule has 0 aliphatic rings. The van der Waals surface area contributed by atoms with Crippen LogP contribution in [-0.2, 0) is 11.2 Å². The van der Waals surface area contributed by atoms with Crippen molar-refractivity contribution in [3.63, 3.8) is 0 Å². The number of benzene rings is 3. The predicted molar refractivity (Wildman–Crippen MR) is 121 cm³/mol. The number of carboxylic acids is 1. The van der Waals surface area contributed by atoms with Crippen LogP contribution in [0.2, 0.25) is 5.02 Å². The summed E-state index contributed by atoms with van der Waals surface area (Å²) in [7, 11) is 0. The van der Waals surface area contributed by atoms with Gasteiger partial charge in [-0.3, -0.25) is 0 Å². The number of oxime groups is 1. The van der Waals surface area contributed by atoms with Gasteiger partial charge < -0.3 is 10.3 Å². The minimum atomic E-state index is -2.52. The highest BCUT2D eigenvalue weighted by molar-refractivity contribution is 6.30. The van der Waals surface area contributed by atoms with Crippen molar-refractivity contribution < 1.29 is 19.5 Å². The number of carboxylic acid groups (broad SMARTS) is 1. The monoisotopic (exact) mass is 439 g/mol. The van der Waals surface area contributed by atoms with E-state index in [1.165, 1.54) is 0 Å². The number of alkyl halides is 1. The molecule has 0 aliphatic heterocycles. The molecule has 6 heteroatoms. The first kappa shape index (κ1) is 22.5. The lowest BCUT2D eigenvalue weighted by Gasteiger charge is -2.21. The molecule has 2 N–H and O–H groups in total. The first-order valence-electron chi connectivity index (χ1n) is 9.95.